The molecule has 9 heteroatoms. The van der Waals surface area contributed by atoms with Crippen LogP contribution in [-0.4, -0.2) is 23.4 Å². The monoisotopic (exact) mass is 437 g/mol. The third-order valence-corrected chi connectivity index (χ3v) is 8.44. The van der Waals surface area contributed by atoms with Crippen LogP contribution in [0.25, 0.3) is 0 Å². The maximum Gasteiger partial charge on any atom is 0.188 e. The summed E-state index contributed by atoms with van der Waals surface area (Å²) < 4.78 is 56.3. The van der Waals surface area contributed by atoms with Crippen LogP contribution in [0.4, 0.5) is 8.78 Å². The SMILES string of the molecule is O=S(=O)(c1ccc(Cl)cc1)C1(c2cc(F)ccc2F)CCC(n2ccnn2)CC1. The van der Waals surface area contributed by atoms with Gasteiger partial charge in [0.15, 0.2) is 9.84 Å². The highest BCUT2D eigenvalue weighted by Crippen LogP contribution is 2.50. The zero-order valence-corrected chi connectivity index (χ0v) is 16.9. The Balaban J connectivity index is 1.82. The smallest absolute Gasteiger partial charge is 0.188 e. The van der Waals surface area contributed by atoms with E-state index in [1.807, 2.05) is 0 Å². The van der Waals surface area contributed by atoms with Gasteiger partial charge in [-0.15, -0.1) is 5.10 Å². The number of rotatable bonds is 4. The number of aromatic nitrogens is 3. The number of hydrogen-bond acceptors (Lipinski definition) is 4. The van der Waals surface area contributed by atoms with Crippen LogP contribution >= 0.6 is 11.6 Å². The minimum absolute atomic E-state index is 0.0322. The highest BCUT2D eigenvalue weighted by molar-refractivity contribution is 7.92. The lowest BCUT2D eigenvalue weighted by molar-refractivity contribution is 0.268. The van der Waals surface area contributed by atoms with Gasteiger partial charge in [0.25, 0.3) is 0 Å². The van der Waals surface area contributed by atoms with Gasteiger partial charge in [0, 0.05) is 16.8 Å². The van der Waals surface area contributed by atoms with Crippen LogP contribution < -0.4 is 0 Å². The first-order valence-electron chi connectivity index (χ1n) is 9.15. The van der Waals surface area contributed by atoms with Crippen LogP contribution in [0.2, 0.25) is 5.02 Å². The molecule has 0 atom stereocenters. The van der Waals surface area contributed by atoms with Crippen molar-refractivity contribution in [1.29, 1.82) is 0 Å². The fraction of sp³-hybridized carbons (Fsp3) is 0.300. The maximum atomic E-state index is 14.8. The molecule has 1 aromatic heterocycles. The highest BCUT2D eigenvalue weighted by Gasteiger charge is 2.50. The van der Waals surface area contributed by atoms with Gasteiger partial charge < -0.3 is 0 Å². The van der Waals surface area contributed by atoms with Crippen LogP contribution in [0.5, 0.6) is 0 Å². The van der Waals surface area contributed by atoms with E-state index < -0.39 is 26.2 Å². The minimum atomic E-state index is -4.04. The van der Waals surface area contributed by atoms with Crippen LogP contribution in [0, 0.1) is 11.6 Å². The molecule has 0 radical (unpaired) electrons. The Bertz CT molecular complexity index is 1110. The van der Waals surface area contributed by atoms with Crippen molar-refractivity contribution in [2.24, 2.45) is 0 Å². The van der Waals surface area contributed by atoms with Crippen LogP contribution in [0.15, 0.2) is 59.8 Å². The summed E-state index contributed by atoms with van der Waals surface area (Å²) in [7, 11) is -4.04. The van der Waals surface area contributed by atoms with Crippen molar-refractivity contribution in [1.82, 2.24) is 15.0 Å². The molecule has 0 saturated heterocycles. The van der Waals surface area contributed by atoms with E-state index in [1.165, 1.54) is 24.3 Å². The van der Waals surface area contributed by atoms with E-state index in [0.29, 0.717) is 17.9 Å². The molecule has 5 nitrogen and oxygen atoms in total. The van der Waals surface area contributed by atoms with Gasteiger partial charge in [0.2, 0.25) is 0 Å². The number of benzene rings is 2. The van der Waals surface area contributed by atoms with Crippen LogP contribution in [-0.2, 0) is 14.6 Å². The molecule has 0 spiro atoms. The highest BCUT2D eigenvalue weighted by atomic mass is 35.5. The van der Waals surface area contributed by atoms with Gasteiger partial charge in [0.05, 0.1) is 17.1 Å². The van der Waals surface area contributed by atoms with Gasteiger partial charge in [-0.2, -0.15) is 0 Å². The van der Waals surface area contributed by atoms with Crippen LogP contribution in [0.3, 0.4) is 0 Å². The molecule has 152 valence electrons. The van der Waals surface area contributed by atoms with E-state index in [9.17, 15) is 17.2 Å². The first-order valence-corrected chi connectivity index (χ1v) is 11.0. The van der Waals surface area contributed by atoms with Crippen molar-refractivity contribution < 1.29 is 17.2 Å². The molecule has 1 saturated carbocycles. The molecule has 0 unspecified atom stereocenters. The minimum Gasteiger partial charge on any atom is -0.250 e. The summed E-state index contributed by atoms with van der Waals surface area (Å²) >= 11 is 5.90. The molecule has 0 N–H and O–H groups in total. The summed E-state index contributed by atoms with van der Waals surface area (Å²) in [4.78, 5) is 0.0322. The van der Waals surface area contributed by atoms with Gasteiger partial charge in [-0.3, -0.25) is 0 Å². The molecular formula is C20H18ClF2N3O2S. The molecule has 0 aliphatic heterocycles. The van der Waals surface area contributed by atoms with Crippen molar-refractivity contribution in [3.63, 3.8) is 0 Å². The molecule has 1 fully saturated rings. The van der Waals surface area contributed by atoms with E-state index in [4.69, 9.17) is 11.6 Å². The molecular weight excluding hydrogens is 420 g/mol. The lowest BCUT2D eigenvalue weighted by Crippen LogP contribution is -2.41. The van der Waals surface area contributed by atoms with Gasteiger partial charge in [-0.1, -0.05) is 16.8 Å². The summed E-state index contributed by atoms with van der Waals surface area (Å²) in [5.41, 5.74) is -0.135. The fourth-order valence-corrected chi connectivity index (χ4v) is 6.41. The number of nitrogens with zero attached hydrogens (tertiary/aromatic N) is 3. The molecule has 29 heavy (non-hydrogen) atoms. The first-order chi connectivity index (χ1) is 13.8. The van der Waals surface area contributed by atoms with E-state index in [-0.39, 0.29) is 29.3 Å². The van der Waals surface area contributed by atoms with Gasteiger partial charge >= 0.3 is 0 Å². The second-order valence-electron chi connectivity index (χ2n) is 7.19. The summed E-state index contributed by atoms with van der Waals surface area (Å²) in [6, 6.07) is 8.67. The Morgan fingerprint density at radius 2 is 1.76 bits per heavy atom. The summed E-state index contributed by atoms with van der Waals surface area (Å²) in [6.45, 7) is 0. The Labute approximate surface area is 172 Å². The number of hydrogen-bond donors (Lipinski definition) is 0. The van der Waals surface area contributed by atoms with Crippen LogP contribution in [0.1, 0.15) is 37.3 Å². The summed E-state index contributed by atoms with van der Waals surface area (Å²) in [5, 5.41) is 8.18. The maximum absolute atomic E-state index is 14.8. The average Bonchev–Trinajstić information content (AvgIpc) is 3.25. The van der Waals surface area contributed by atoms with E-state index >= 15 is 0 Å². The van der Waals surface area contributed by atoms with Gasteiger partial charge in [0.1, 0.15) is 16.4 Å². The number of halogens is 3. The van der Waals surface area contributed by atoms with E-state index in [0.717, 1.165) is 18.2 Å². The van der Waals surface area contributed by atoms with Gasteiger partial charge in [-0.25, -0.2) is 21.9 Å². The Kier molecular flexibility index (Phi) is 5.16. The van der Waals surface area contributed by atoms with Crippen molar-refractivity contribution in [2.75, 3.05) is 0 Å². The van der Waals surface area contributed by atoms with Crippen molar-refractivity contribution in [2.45, 2.75) is 41.4 Å². The Hall–Kier alpha value is -2.32. The van der Waals surface area contributed by atoms with Crippen molar-refractivity contribution in [3.05, 3.63) is 77.1 Å². The lowest BCUT2D eigenvalue weighted by Gasteiger charge is -2.40. The lowest BCUT2D eigenvalue weighted by atomic mass is 9.80. The zero-order valence-electron chi connectivity index (χ0n) is 15.3. The normalized spacial score (nSPS) is 22.5. The Morgan fingerprint density at radius 3 is 2.38 bits per heavy atom. The second-order valence-corrected chi connectivity index (χ2v) is 9.89. The fourth-order valence-electron chi connectivity index (χ4n) is 4.11. The molecule has 4 rings (SSSR count). The molecule has 1 aliphatic carbocycles. The zero-order chi connectivity index (χ0) is 20.6. The Morgan fingerprint density at radius 1 is 1.07 bits per heavy atom. The summed E-state index contributed by atoms with van der Waals surface area (Å²) in [6.07, 6.45) is 4.40. The first kappa shape index (κ1) is 20.0. The molecule has 1 heterocycles. The largest absolute Gasteiger partial charge is 0.250 e. The van der Waals surface area contributed by atoms with Crippen molar-refractivity contribution >= 4 is 21.4 Å². The average molecular weight is 438 g/mol. The predicted molar refractivity (Wildman–Crippen MR) is 104 cm³/mol. The molecule has 0 amide bonds. The van der Waals surface area contributed by atoms with Gasteiger partial charge in [-0.05, 0) is 68.1 Å². The van der Waals surface area contributed by atoms with E-state index in [2.05, 4.69) is 10.3 Å². The number of sulfone groups is 1. The quantitative estimate of drug-likeness (QED) is 0.593. The van der Waals surface area contributed by atoms with E-state index in [1.54, 1.807) is 17.1 Å². The topological polar surface area (TPSA) is 64.8 Å². The second kappa shape index (κ2) is 7.50. The molecule has 0 bridgehead atoms. The third-order valence-electron chi connectivity index (χ3n) is 5.64. The molecule has 3 aromatic rings. The molecule has 2 aromatic carbocycles. The molecule has 1 aliphatic rings. The summed E-state index contributed by atoms with van der Waals surface area (Å²) in [5.74, 6) is -1.41. The van der Waals surface area contributed by atoms with Crippen molar-refractivity contribution in [3.8, 4) is 0 Å². The standard InChI is InChI=1S/C20H18ClF2N3O2S/c21-14-1-4-17(5-2-14)29(27,28)20(18-13-15(22)3-6-19(18)23)9-7-16(8-10-20)26-12-11-24-25-26/h1-6,11-13,16H,7-10H2. The third kappa shape index (κ3) is 3.44. The predicted octanol–water partition coefficient (Wildman–Crippen LogP) is 4.69.